The van der Waals surface area contributed by atoms with Gasteiger partial charge in [0, 0.05) is 30.7 Å². The summed E-state index contributed by atoms with van der Waals surface area (Å²) in [6.07, 6.45) is 1.99. The van der Waals surface area contributed by atoms with Gasteiger partial charge in [-0.05, 0) is 31.4 Å². The third-order valence-corrected chi connectivity index (χ3v) is 3.73. The lowest BCUT2D eigenvalue weighted by atomic mass is 9.96. The Kier molecular flexibility index (Phi) is 6.00. The van der Waals surface area contributed by atoms with Crippen LogP contribution in [0.4, 0.5) is 5.69 Å². The van der Waals surface area contributed by atoms with Crippen LogP contribution in [0.15, 0.2) is 24.3 Å². The molecule has 0 aliphatic heterocycles. The van der Waals surface area contributed by atoms with Crippen molar-refractivity contribution < 1.29 is 24.0 Å². The van der Waals surface area contributed by atoms with E-state index in [-0.39, 0.29) is 30.0 Å². The van der Waals surface area contributed by atoms with E-state index in [1.54, 1.807) is 0 Å². The number of ether oxygens (including phenoxy) is 1. The van der Waals surface area contributed by atoms with Gasteiger partial charge in [0.2, 0.25) is 0 Å². The molecule has 0 spiro atoms. The van der Waals surface area contributed by atoms with Crippen molar-refractivity contribution in [1.29, 1.82) is 0 Å². The molecule has 24 heavy (non-hydrogen) atoms. The Balaban J connectivity index is 1.74. The number of hydrogen-bond acceptors (Lipinski definition) is 6. The highest BCUT2D eigenvalue weighted by atomic mass is 16.6. The van der Waals surface area contributed by atoms with Gasteiger partial charge >= 0.3 is 5.97 Å². The van der Waals surface area contributed by atoms with Crippen LogP contribution in [-0.2, 0) is 14.3 Å². The molecule has 0 bridgehead atoms. The average Bonchev–Trinajstić information content (AvgIpc) is 2.57. The van der Waals surface area contributed by atoms with E-state index in [2.05, 4.69) is 5.32 Å². The first-order valence-corrected chi connectivity index (χ1v) is 7.72. The van der Waals surface area contributed by atoms with Crippen molar-refractivity contribution in [3.63, 3.8) is 0 Å². The van der Waals surface area contributed by atoms with Crippen LogP contribution in [0.5, 0.6) is 0 Å². The molecule has 128 valence electrons. The van der Waals surface area contributed by atoms with Crippen LogP contribution < -0.4 is 5.32 Å². The maximum Gasteiger partial charge on any atom is 0.308 e. The van der Waals surface area contributed by atoms with Crippen LogP contribution >= 0.6 is 0 Å². The van der Waals surface area contributed by atoms with Gasteiger partial charge in [0.1, 0.15) is 0 Å². The summed E-state index contributed by atoms with van der Waals surface area (Å²) in [6.45, 7) is 0.0650. The van der Waals surface area contributed by atoms with E-state index in [1.807, 2.05) is 0 Å². The van der Waals surface area contributed by atoms with Crippen molar-refractivity contribution in [1.82, 2.24) is 5.32 Å². The highest BCUT2D eigenvalue weighted by Gasteiger charge is 2.25. The Hall–Kier alpha value is -2.77. The highest BCUT2D eigenvalue weighted by molar-refractivity contribution is 5.94. The lowest BCUT2D eigenvalue weighted by Crippen LogP contribution is -2.32. The molecule has 0 saturated heterocycles. The van der Waals surface area contributed by atoms with Gasteiger partial charge in [-0.25, -0.2) is 0 Å². The first-order chi connectivity index (χ1) is 11.5. The SMILES string of the molecule is O=C(CCNC(=O)c1ccc([N+](=O)[O-])cc1)O[C@H]1CCCCC1=O. The molecule has 0 unspecified atom stereocenters. The number of ketones is 1. The predicted molar refractivity (Wildman–Crippen MR) is 83.4 cm³/mol. The van der Waals surface area contributed by atoms with Gasteiger partial charge in [-0.1, -0.05) is 0 Å². The predicted octanol–water partition coefficient (Wildman–Crippen LogP) is 1.77. The summed E-state index contributed by atoms with van der Waals surface area (Å²) in [6, 6.07) is 5.15. The molecule has 1 amide bonds. The van der Waals surface area contributed by atoms with Gasteiger partial charge in [-0.2, -0.15) is 0 Å². The number of esters is 1. The zero-order valence-corrected chi connectivity index (χ0v) is 13.0. The van der Waals surface area contributed by atoms with Crippen LogP contribution in [0.1, 0.15) is 42.5 Å². The van der Waals surface area contributed by atoms with E-state index in [0.29, 0.717) is 12.8 Å². The molecule has 1 aliphatic rings. The summed E-state index contributed by atoms with van der Waals surface area (Å²) >= 11 is 0. The molecule has 8 nitrogen and oxygen atoms in total. The first-order valence-electron chi connectivity index (χ1n) is 7.72. The number of nitro benzene ring substituents is 1. The Morgan fingerprint density at radius 2 is 1.96 bits per heavy atom. The zero-order valence-electron chi connectivity index (χ0n) is 13.0. The normalized spacial score (nSPS) is 17.2. The third-order valence-electron chi connectivity index (χ3n) is 3.73. The number of nitrogens with one attached hydrogen (secondary N) is 1. The molecular formula is C16H18N2O6. The highest BCUT2D eigenvalue weighted by Crippen LogP contribution is 2.17. The van der Waals surface area contributed by atoms with E-state index >= 15 is 0 Å². The number of carbonyl (C=O) groups is 3. The summed E-state index contributed by atoms with van der Waals surface area (Å²) in [5.41, 5.74) is 0.156. The summed E-state index contributed by atoms with van der Waals surface area (Å²) < 4.78 is 5.12. The smallest absolute Gasteiger partial charge is 0.308 e. The number of hydrogen-bond donors (Lipinski definition) is 1. The molecule has 1 aromatic rings. The van der Waals surface area contributed by atoms with Crippen LogP contribution in [0.2, 0.25) is 0 Å². The van der Waals surface area contributed by atoms with Crippen LogP contribution in [0, 0.1) is 10.1 Å². The van der Waals surface area contributed by atoms with E-state index in [4.69, 9.17) is 4.74 Å². The fourth-order valence-electron chi connectivity index (χ4n) is 2.41. The molecule has 1 saturated carbocycles. The van der Waals surface area contributed by atoms with Crippen molar-refractivity contribution >= 4 is 23.3 Å². The van der Waals surface area contributed by atoms with E-state index in [1.165, 1.54) is 24.3 Å². The van der Waals surface area contributed by atoms with Crippen LogP contribution in [-0.4, -0.2) is 35.2 Å². The van der Waals surface area contributed by atoms with Gasteiger partial charge < -0.3 is 10.1 Å². The fourth-order valence-corrected chi connectivity index (χ4v) is 2.41. The first kappa shape index (κ1) is 17.6. The number of benzene rings is 1. The van der Waals surface area contributed by atoms with Gasteiger partial charge in [0.25, 0.3) is 11.6 Å². The average molecular weight is 334 g/mol. The number of nitro groups is 1. The third kappa shape index (κ3) is 4.87. The lowest BCUT2D eigenvalue weighted by molar-refractivity contribution is -0.384. The number of nitrogens with zero attached hydrogens (tertiary/aromatic N) is 1. The molecule has 1 aromatic carbocycles. The van der Waals surface area contributed by atoms with E-state index < -0.39 is 22.9 Å². The van der Waals surface area contributed by atoms with E-state index in [9.17, 15) is 24.5 Å². The zero-order chi connectivity index (χ0) is 17.5. The second-order valence-corrected chi connectivity index (χ2v) is 5.50. The molecule has 0 radical (unpaired) electrons. The fraction of sp³-hybridized carbons (Fsp3) is 0.438. The standard InChI is InChI=1S/C16H18N2O6/c19-13-3-1-2-4-14(13)24-15(20)9-10-17-16(21)11-5-7-12(8-6-11)18(22)23/h5-8,14H,1-4,9-10H2,(H,17,21)/t14-/m0/s1. The molecule has 0 aromatic heterocycles. The minimum absolute atomic E-state index is 0.0392. The Bertz CT molecular complexity index is 640. The number of amides is 1. The van der Waals surface area contributed by atoms with Crippen LogP contribution in [0.25, 0.3) is 0 Å². The Morgan fingerprint density at radius 1 is 1.25 bits per heavy atom. The monoisotopic (exact) mass is 334 g/mol. The quantitative estimate of drug-likeness (QED) is 0.481. The number of non-ortho nitro benzene ring substituents is 1. The van der Waals surface area contributed by atoms with Gasteiger partial charge in [-0.3, -0.25) is 24.5 Å². The summed E-state index contributed by atoms with van der Waals surface area (Å²) in [4.78, 5) is 45.1. The van der Waals surface area contributed by atoms with Crippen molar-refractivity contribution in [2.24, 2.45) is 0 Å². The number of carbonyl (C=O) groups excluding carboxylic acids is 3. The van der Waals surface area contributed by atoms with Gasteiger partial charge in [0.05, 0.1) is 11.3 Å². The van der Waals surface area contributed by atoms with E-state index in [0.717, 1.165) is 12.8 Å². The number of Topliss-reactive ketones (excluding diaryl/α,β-unsaturated/α-hetero) is 1. The van der Waals surface area contributed by atoms with Crippen LogP contribution in [0.3, 0.4) is 0 Å². The number of rotatable bonds is 6. The topological polar surface area (TPSA) is 116 Å². The minimum Gasteiger partial charge on any atom is -0.454 e. The molecule has 2 rings (SSSR count). The molecule has 1 N–H and O–H groups in total. The van der Waals surface area contributed by atoms with Gasteiger partial charge in [-0.15, -0.1) is 0 Å². The Morgan fingerprint density at radius 3 is 2.58 bits per heavy atom. The second kappa shape index (κ2) is 8.19. The Labute approximate surface area is 138 Å². The molecular weight excluding hydrogens is 316 g/mol. The van der Waals surface area contributed by atoms with Crippen molar-refractivity contribution in [2.45, 2.75) is 38.2 Å². The van der Waals surface area contributed by atoms with Crippen molar-refractivity contribution in [3.8, 4) is 0 Å². The summed E-state index contributed by atoms with van der Waals surface area (Å²) in [7, 11) is 0. The van der Waals surface area contributed by atoms with Gasteiger partial charge in [0.15, 0.2) is 11.9 Å². The minimum atomic E-state index is -0.656. The lowest BCUT2D eigenvalue weighted by Gasteiger charge is -2.20. The molecule has 8 heteroatoms. The summed E-state index contributed by atoms with van der Waals surface area (Å²) in [5, 5.41) is 13.1. The second-order valence-electron chi connectivity index (χ2n) is 5.50. The largest absolute Gasteiger partial charge is 0.454 e. The molecule has 0 heterocycles. The summed E-state index contributed by atoms with van der Waals surface area (Å²) in [5.74, 6) is -1.02. The van der Waals surface area contributed by atoms with Crippen molar-refractivity contribution in [2.75, 3.05) is 6.54 Å². The molecule has 1 fully saturated rings. The maximum atomic E-state index is 11.9. The molecule has 1 aliphatic carbocycles. The molecule has 1 atom stereocenters. The maximum absolute atomic E-state index is 11.9. The van der Waals surface area contributed by atoms with Crippen molar-refractivity contribution in [3.05, 3.63) is 39.9 Å².